The lowest BCUT2D eigenvalue weighted by Gasteiger charge is -2.51. The normalized spacial score (nSPS) is 37.2. The van der Waals surface area contributed by atoms with Gasteiger partial charge in [-0.05, 0) is 52.1 Å². The molecule has 6 heteroatoms. The number of carbonyl (C=O) groups is 3. The largest absolute Gasteiger partial charge is 0.461 e. The zero-order chi connectivity index (χ0) is 19.8. The van der Waals surface area contributed by atoms with E-state index >= 15 is 0 Å². The lowest BCUT2D eigenvalue weighted by Crippen LogP contribution is -2.54. The molecule has 0 amide bonds. The molecule has 4 atom stereocenters. The van der Waals surface area contributed by atoms with Gasteiger partial charge in [-0.1, -0.05) is 6.08 Å². The second kappa shape index (κ2) is 7.38. The molecule has 3 aliphatic rings. The first-order chi connectivity index (χ1) is 12.7. The number of Topliss-reactive ketones (excluding diaryl/α,β-unsaturated/α-hetero) is 1. The standard InChI is InChI=1S/C21H31NO5/c1-14(23)26-19-13-20(3,27-15(2)24)12-16-11-18(25)17-7-5-9-22(4)10-6-8-21(16,17)19/h7,16,19H,5-6,8-13H2,1-4H3. The maximum absolute atomic E-state index is 13.0. The van der Waals surface area contributed by atoms with E-state index in [-0.39, 0.29) is 23.6 Å². The van der Waals surface area contributed by atoms with Crippen LogP contribution in [0.15, 0.2) is 11.6 Å². The van der Waals surface area contributed by atoms with E-state index in [1.54, 1.807) is 0 Å². The van der Waals surface area contributed by atoms with Gasteiger partial charge < -0.3 is 14.4 Å². The fraction of sp³-hybridized carbons (Fsp3) is 0.762. The predicted octanol–water partition coefficient (Wildman–Crippen LogP) is 2.65. The maximum Gasteiger partial charge on any atom is 0.303 e. The van der Waals surface area contributed by atoms with Crippen molar-refractivity contribution in [3.8, 4) is 0 Å². The van der Waals surface area contributed by atoms with Gasteiger partial charge in [0.1, 0.15) is 11.7 Å². The summed E-state index contributed by atoms with van der Waals surface area (Å²) >= 11 is 0. The molecule has 0 N–H and O–H groups in total. The van der Waals surface area contributed by atoms with Crippen LogP contribution in [0, 0.1) is 11.3 Å². The third kappa shape index (κ3) is 3.82. The third-order valence-corrected chi connectivity index (χ3v) is 6.52. The van der Waals surface area contributed by atoms with Crippen LogP contribution in [0.3, 0.4) is 0 Å². The zero-order valence-corrected chi connectivity index (χ0v) is 16.9. The van der Waals surface area contributed by atoms with E-state index in [1.165, 1.54) is 13.8 Å². The highest BCUT2D eigenvalue weighted by Crippen LogP contribution is 2.60. The van der Waals surface area contributed by atoms with Gasteiger partial charge in [0, 0.05) is 44.2 Å². The van der Waals surface area contributed by atoms with Gasteiger partial charge in [0.15, 0.2) is 5.78 Å². The van der Waals surface area contributed by atoms with Crippen molar-refractivity contribution in [2.24, 2.45) is 11.3 Å². The SMILES string of the molecule is CC(=O)OC1CC(C)(OC(C)=O)CC2CC(=O)C3=CCCN(C)CCCC321. The minimum absolute atomic E-state index is 0.0297. The number of nitrogens with zero attached hydrogens (tertiary/aromatic N) is 1. The average Bonchev–Trinajstić information content (AvgIpc) is 2.81. The molecule has 0 saturated heterocycles. The molecule has 150 valence electrons. The number of ketones is 1. The number of rotatable bonds is 2. The van der Waals surface area contributed by atoms with Crippen molar-refractivity contribution in [2.75, 3.05) is 20.1 Å². The molecule has 1 heterocycles. The zero-order valence-electron chi connectivity index (χ0n) is 16.9. The van der Waals surface area contributed by atoms with Crippen molar-refractivity contribution in [3.63, 3.8) is 0 Å². The minimum Gasteiger partial charge on any atom is -0.461 e. The Morgan fingerprint density at radius 2 is 1.93 bits per heavy atom. The lowest BCUT2D eigenvalue weighted by atomic mass is 9.58. The van der Waals surface area contributed by atoms with Gasteiger partial charge in [0.2, 0.25) is 0 Å². The van der Waals surface area contributed by atoms with Crippen LogP contribution in [-0.4, -0.2) is 54.5 Å². The molecule has 2 fully saturated rings. The Balaban J connectivity index is 2.04. The van der Waals surface area contributed by atoms with E-state index in [1.807, 2.05) is 6.92 Å². The highest BCUT2D eigenvalue weighted by atomic mass is 16.6. The first-order valence-electron chi connectivity index (χ1n) is 9.95. The topological polar surface area (TPSA) is 72.9 Å². The summed E-state index contributed by atoms with van der Waals surface area (Å²) in [7, 11) is 2.10. The van der Waals surface area contributed by atoms with E-state index in [0.29, 0.717) is 19.3 Å². The Hall–Kier alpha value is -1.69. The monoisotopic (exact) mass is 377 g/mol. The van der Waals surface area contributed by atoms with Crippen LogP contribution in [0.4, 0.5) is 0 Å². The van der Waals surface area contributed by atoms with E-state index in [4.69, 9.17) is 9.47 Å². The number of esters is 2. The summed E-state index contributed by atoms with van der Waals surface area (Å²) in [5.41, 5.74) is -0.320. The molecule has 6 nitrogen and oxygen atoms in total. The Morgan fingerprint density at radius 3 is 2.59 bits per heavy atom. The molecule has 0 aromatic carbocycles. The maximum atomic E-state index is 13.0. The molecule has 0 radical (unpaired) electrons. The van der Waals surface area contributed by atoms with Gasteiger partial charge in [-0.25, -0.2) is 0 Å². The highest BCUT2D eigenvalue weighted by Gasteiger charge is 2.62. The minimum atomic E-state index is -0.715. The van der Waals surface area contributed by atoms with E-state index in [0.717, 1.165) is 37.9 Å². The molecule has 27 heavy (non-hydrogen) atoms. The Morgan fingerprint density at radius 1 is 1.19 bits per heavy atom. The molecule has 3 rings (SSSR count). The molecule has 0 aromatic rings. The molecule has 0 bridgehead atoms. The van der Waals surface area contributed by atoms with Crippen LogP contribution in [0.2, 0.25) is 0 Å². The van der Waals surface area contributed by atoms with Crippen LogP contribution in [0.25, 0.3) is 0 Å². The molecule has 1 aliphatic heterocycles. The molecule has 4 unspecified atom stereocenters. The van der Waals surface area contributed by atoms with Gasteiger partial charge in [0.05, 0.1) is 0 Å². The fourth-order valence-corrected chi connectivity index (χ4v) is 5.63. The van der Waals surface area contributed by atoms with E-state index < -0.39 is 17.1 Å². The van der Waals surface area contributed by atoms with Crippen LogP contribution < -0.4 is 0 Å². The summed E-state index contributed by atoms with van der Waals surface area (Å²) in [5, 5.41) is 0. The highest BCUT2D eigenvalue weighted by molar-refractivity contribution is 6.00. The van der Waals surface area contributed by atoms with Crippen LogP contribution in [0.5, 0.6) is 0 Å². The summed E-state index contributed by atoms with van der Waals surface area (Å²) in [6.07, 6.45) is 5.71. The number of ether oxygens (including phenoxy) is 2. The van der Waals surface area contributed by atoms with Gasteiger partial charge in [0.25, 0.3) is 0 Å². The second-order valence-electron chi connectivity index (χ2n) is 8.73. The van der Waals surface area contributed by atoms with Gasteiger partial charge in [-0.2, -0.15) is 0 Å². The summed E-state index contributed by atoms with van der Waals surface area (Å²) in [4.78, 5) is 38.8. The van der Waals surface area contributed by atoms with E-state index in [9.17, 15) is 14.4 Å². The summed E-state index contributed by atoms with van der Waals surface area (Å²) in [6, 6.07) is 0. The lowest BCUT2D eigenvalue weighted by molar-refractivity contribution is -0.185. The molecule has 2 aliphatic carbocycles. The van der Waals surface area contributed by atoms with Crippen molar-refractivity contribution in [2.45, 2.75) is 71.0 Å². The molecule has 0 aromatic heterocycles. The number of carbonyl (C=O) groups excluding carboxylic acids is 3. The summed E-state index contributed by atoms with van der Waals surface area (Å²) < 4.78 is 11.5. The fourth-order valence-electron chi connectivity index (χ4n) is 5.63. The van der Waals surface area contributed by atoms with Crippen molar-refractivity contribution >= 4 is 17.7 Å². The number of hydrogen-bond donors (Lipinski definition) is 0. The van der Waals surface area contributed by atoms with Gasteiger partial charge >= 0.3 is 11.9 Å². The van der Waals surface area contributed by atoms with Crippen LogP contribution in [-0.2, 0) is 23.9 Å². The van der Waals surface area contributed by atoms with Gasteiger partial charge in [-0.15, -0.1) is 0 Å². The van der Waals surface area contributed by atoms with Crippen molar-refractivity contribution in [3.05, 3.63) is 11.6 Å². The third-order valence-electron chi connectivity index (χ3n) is 6.52. The van der Waals surface area contributed by atoms with E-state index in [2.05, 4.69) is 18.0 Å². The second-order valence-corrected chi connectivity index (χ2v) is 8.73. The predicted molar refractivity (Wildman–Crippen MR) is 99.9 cm³/mol. The number of hydrogen-bond acceptors (Lipinski definition) is 6. The Kier molecular flexibility index (Phi) is 5.48. The first kappa shape index (κ1) is 20.1. The Bertz CT molecular complexity index is 671. The van der Waals surface area contributed by atoms with Crippen molar-refractivity contribution in [1.82, 2.24) is 4.90 Å². The molecule has 1 spiro atoms. The quantitative estimate of drug-likeness (QED) is 0.689. The molecular formula is C21H31NO5. The summed E-state index contributed by atoms with van der Waals surface area (Å²) in [5.74, 6) is -0.502. The average molecular weight is 377 g/mol. The molecular weight excluding hydrogens is 346 g/mol. The van der Waals surface area contributed by atoms with Crippen LogP contribution >= 0.6 is 0 Å². The van der Waals surface area contributed by atoms with Gasteiger partial charge in [-0.3, -0.25) is 14.4 Å². The first-order valence-corrected chi connectivity index (χ1v) is 9.95. The van der Waals surface area contributed by atoms with Crippen molar-refractivity contribution in [1.29, 1.82) is 0 Å². The smallest absolute Gasteiger partial charge is 0.303 e. The van der Waals surface area contributed by atoms with Crippen LogP contribution in [0.1, 0.15) is 59.3 Å². The van der Waals surface area contributed by atoms with Crippen molar-refractivity contribution < 1.29 is 23.9 Å². The summed E-state index contributed by atoms with van der Waals surface area (Å²) in [6.45, 7) is 6.58. The molecule has 2 saturated carbocycles. The Labute approximate surface area is 161 Å².